The summed E-state index contributed by atoms with van der Waals surface area (Å²) in [6.45, 7) is 1.53. The highest BCUT2D eigenvalue weighted by atomic mass is 32.1. The molecule has 0 saturated carbocycles. The maximum atomic E-state index is 10.5. The Hall–Kier alpha value is -1.53. The molecule has 3 N–H and O–H groups in total. The molecule has 1 aromatic heterocycles. The third-order valence-electron chi connectivity index (χ3n) is 1.91. The van der Waals surface area contributed by atoms with Crippen LogP contribution >= 0.6 is 12.2 Å². The molecule has 1 rings (SSSR count). The van der Waals surface area contributed by atoms with Crippen molar-refractivity contribution in [2.75, 3.05) is 0 Å². The first-order valence-corrected chi connectivity index (χ1v) is 5.16. The van der Waals surface area contributed by atoms with E-state index in [-0.39, 0.29) is 0 Å². The Morgan fingerprint density at radius 3 is 2.75 bits per heavy atom. The molecule has 0 bridgehead atoms. The van der Waals surface area contributed by atoms with E-state index in [9.17, 15) is 4.79 Å². The van der Waals surface area contributed by atoms with Crippen LogP contribution in [0.25, 0.3) is 0 Å². The molecule has 1 heterocycles. The average Bonchev–Trinajstić information content (AvgIpc) is 2.27. The van der Waals surface area contributed by atoms with Crippen molar-refractivity contribution in [1.29, 1.82) is 0 Å². The Morgan fingerprint density at radius 2 is 2.19 bits per heavy atom. The van der Waals surface area contributed by atoms with Gasteiger partial charge in [0.05, 0.1) is 4.99 Å². The number of carboxylic acids is 1. The lowest BCUT2D eigenvalue weighted by Crippen LogP contribution is -2.46. The lowest BCUT2D eigenvalue weighted by molar-refractivity contribution is -0.139. The second-order valence-electron chi connectivity index (χ2n) is 3.28. The number of hydrogen-bond acceptors (Lipinski definition) is 4. The summed E-state index contributed by atoms with van der Waals surface area (Å²) in [4.78, 5) is 15.0. The van der Waals surface area contributed by atoms with Crippen LogP contribution in [-0.2, 0) is 11.2 Å². The maximum absolute atomic E-state index is 10.5. The molecule has 16 heavy (non-hydrogen) atoms. The monoisotopic (exact) mass is 239 g/mol. The van der Waals surface area contributed by atoms with Gasteiger partial charge in [0.25, 0.3) is 0 Å². The third kappa shape index (κ3) is 4.33. The second kappa shape index (κ2) is 6.14. The molecular formula is C10H13N3O2S. The minimum Gasteiger partial charge on any atom is -0.480 e. The predicted molar refractivity (Wildman–Crippen MR) is 63.9 cm³/mol. The summed E-state index contributed by atoms with van der Waals surface area (Å²) >= 11 is 5.05. The van der Waals surface area contributed by atoms with E-state index in [0.717, 1.165) is 5.56 Å². The van der Waals surface area contributed by atoms with Crippen LogP contribution in [0.4, 0.5) is 0 Å². The summed E-state index contributed by atoms with van der Waals surface area (Å²) in [7, 11) is 0. The number of carboxylic acid groups (broad SMARTS) is 1. The molecular weight excluding hydrogens is 226 g/mol. The minimum atomic E-state index is -0.931. The van der Waals surface area contributed by atoms with Crippen LogP contribution in [0.5, 0.6) is 0 Å². The fourth-order valence-electron chi connectivity index (χ4n) is 0.981. The average molecular weight is 239 g/mol. The van der Waals surface area contributed by atoms with Gasteiger partial charge in [0.1, 0.15) is 6.04 Å². The fraction of sp³-hybridized carbons (Fsp3) is 0.300. The van der Waals surface area contributed by atoms with Crippen molar-refractivity contribution in [2.45, 2.75) is 19.4 Å². The highest BCUT2D eigenvalue weighted by molar-refractivity contribution is 7.80. The highest BCUT2D eigenvalue weighted by Crippen LogP contribution is 1.97. The molecule has 0 amide bonds. The van der Waals surface area contributed by atoms with Crippen molar-refractivity contribution in [1.82, 2.24) is 15.8 Å². The molecule has 1 aromatic rings. The maximum Gasteiger partial charge on any atom is 0.322 e. The van der Waals surface area contributed by atoms with E-state index < -0.39 is 12.0 Å². The van der Waals surface area contributed by atoms with Crippen LogP contribution in [0.2, 0.25) is 0 Å². The summed E-state index contributed by atoms with van der Waals surface area (Å²) in [6.07, 6.45) is 3.92. The number of nitrogens with one attached hydrogen (secondary N) is 2. The largest absolute Gasteiger partial charge is 0.480 e. The lowest BCUT2D eigenvalue weighted by Gasteiger charge is -2.12. The van der Waals surface area contributed by atoms with Crippen LogP contribution < -0.4 is 10.9 Å². The molecule has 0 aliphatic carbocycles. The smallest absolute Gasteiger partial charge is 0.322 e. The zero-order valence-corrected chi connectivity index (χ0v) is 9.62. The molecule has 5 nitrogen and oxygen atoms in total. The first-order valence-electron chi connectivity index (χ1n) is 4.75. The molecule has 0 aliphatic rings. The molecule has 0 aromatic carbocycles. The molecule has 0 fully saturated rings. The van der Waals surface area contributed by atoms with Gasteiger partial charge in [0.15, 0.2) is 0 Å². The van der Waals surface area contributed by atoms with Gasteiger partial charge in [-0.3, -0.25) is 9.78 Å². The third-order valence-corrected chi connectivity index (χ3v) is 2.16. The Morgan fingerprint density at radius 1 is 1.56 bits per heavy atom. The number of hydrazine groups is 1. The summed E-state index contributed by atoms with van der Waals surface area (Å²) in [5.41, 5.74) is 6.31. The Labute approximate surface area is 98.9 Å². The van der Waals surface area contributed by atoms with Gasteiger partial charge in [0.2, 0.25) is 0 Å². The number of aromatic nitrogens is 1. The Kier molecular flexibility index (Phi) is 4.81. The van der Waals surface area contributed by atoms with Gasteiger partial charge >= 0.3 is 5.97 Å². The molecule has 0 saturated heterocycles. The van der Waals surface area contributed by atoms with Crippen molar-refractivity contribution in [3.8, 4) is 0 Å². The first kappa shape index (κ1) is 12.5. The van der Waals surface area contributed by atoms with Crippen LogP contribution in [0, 0.1) is 0 Å². The van der Waals surface area contributed by atoms with Crippen LogP contribution in [0.1, 0.15) is 12.5 Å². The van der Waals surface area contributed by atoms with E-state index in [0.29, 0.717) is 11.4 Å². The van der Waals surface area contributed by atoms with Gasteiger partial charge in [-0.2, -0.15) is 0 Å². The predicted octanol–water partition coefficient (Wildman–Crippen LogP) is 0.519. The van der Waals surface area contributed by atoms with Crippen molar-refractivity contribution in [3.05, 3.63) is 30.1 Å². The molecule has 0 spiro atoms. The number of rotatable bonds is 5. The first-order chi connectivity index (χ1) is 7.59. The summed E-state index contributed by atoms with van der Waals surface area (Å²) in [5.74, 6) is -0.931. The van der Waals surface area contributed by atoms with Gasteiger partial charge in [-0.1, -0.05) is 12.2 Å². The molecule has 6 heteroatoms. The van der Waals surface area contributed by atoms with E-state index >= 15 is 0 Å². The summed E-state index contributed by atoms with van der Waals surface area (Å²) < 4.78 is 0. The van der Waals surface area contributed by atoms with E-state index in [1.807, 2.05) is 12.1 Å². The molecule has 0 unspecified atom stereocenters. The number of aliphatic carboxylic acids is 1. The van der Waals surface area contributed by atoms with Gasteiger partial charge in [-0.25, -0.2) is 5.43 Å². The van der Waals surface area contributed by atoms with Gasteiger partial charge < -0.3 is 10.5 Å². The van der Waals surface area contributed by atoms with E-state index in [1.54, 1.807) is 12.4 Å². The Balaban J connectivity index is 2.35. The van der Waals surface area contributed by atoms with E-state index in [1.165, 1.54) is 6.92 Å². The molecule has 1 atom stereocenters. The number of carbonyl (C=O) groups is 1. The molecule has 0 radical (unpaired) electrons. The van der Waals surface area contributed by atoms with Gasteiger partial charge in [0, 0.05) is 18.8 Å². The van der Waals surface area contributed by atoms with Crippen LogP contribution in [-0.4, -0.2) is 27.1 Å². The van der Waals surface area contributed by atoms with Gasteiger partial charge in [-0.05, 0) is 24.6 Å². The van der Waals surface area contributed by atoms with Gasteiger partial charge in [-0.15, -0.1) is 0 Å². The van der Waals surface area contributed by atoms with Crippen molar-refractivity contribution in [2.24, 2.45) is 0 Å². The van der Waals surface area contributed by atoms with Crippen molar-refractivity contribution < 1.29 is 9.90 Å². The van der Waals surface area contributed by atoms with Crippen molar-refractivity contribution >= 4 is 23.2 Å². The Bertz CT molecular complexity index is 370. The van der Waals surface area contributed by atoms with Crippen LogP contribution in [0.3, 0.4) is 0 Å². The number of hydrogen-bond donors (Lipinski definition) is 3. The quantitative estimate of drug-likeness (QED) is 0.514. The second-order valence-corrected chi connectivity index (χ2v) is 3.78. The molecule has 86 valence electrons. The molecule has 0 aliphatic heterocycles. The van der Waals surface area contributed by atoms with E-state index in [2.05, 4.69) is 15.8 Å². The van der Waals surface area contributed by atoms with Crippen LogP contribution in [0.15, 0.2) is 24.5 Å². The number of thiocarbonyl (C=S) groups is 1. The lowest BCUT2D eigenvalue weighted by atomic mass is 10.2. The fourth-order valence-corrected chi connectivity index (χ4v) is 1.21. The number of nitrogens with zero attached hydrogens (tertiary/aromatic N) is 1. The summed E-state index contributed by atoms with van der Waals surface area (Å²) in [5, 5.41) is 8.63. The summed E-state index contributed by atoms with van der Waals surface area (Å²) in [6, 6.07) is 3.03. The van der Waals surface area contributed by atoms with Crippen molar-refractivity contribution in [3.63, 3.8) is 0 Å². The minimum absolute atomic E-state index is 0.541. The topological polar surface area (TPSA) is 74.2 Å². The SMILES string of the molecule is C[C@H](NNC(=S)Cc1ccncc1)C(=O)O. The van der Waals surface area contributed by atoms with E-state index in [4.69, 9.17) is 17.3 Å². The highest BCUT2D eigenvalue weighted by Gasteiger charge is 2.09. The normalized spacial score (nSPS) is 11.8. The number of pyridine rings is 1. The standard InChI is InChI=1S/C10H13N3O2S/c1-7(10(14)15)12-13-9(16)6-8-2-4-11-5-3-8/h2-5,7,12H,6H2,1H3,(H,13,16)(H,14,15)/t7-/m0/s1. The zero-order chi connectivity index (χ0) is 12.0. The zero-order valence-electron chi connectivity index (χ0n) is 8.80.